The molecular weight excluding hydrogens is 441 g/mol. The van der Waals surface area contributed by atoms with Gasteiger partial charge in [-0.1, -0.05) is 11.6 Å². The molecule has 0 amide bonds. The number of nitrogens with zero attached hydrogens (tertiary/aromatic N) is 5. The van der Waals surface area contributed by atoms with Gasteiger partial charge in [0.2, 0.25) is 0 Å². The summed E-state index contributed by atoms with van der Waals surface area (Å²) in [6, 6.07) is 10.2. The minimum absolute atomic E-state index is 0.321. The third kappa shape index (κ3) is 3.77. The van der Waals surface area contributed by atoms with Crippen molar-refractivity contribution < 1.29 is 4.39 Å². The van der Waals surface area contributed by atoms with Crippen molar-refractivity contribution in [3.63, 3.8) is 0 Å². The van der Waals surface area contributed by atoms with Crippen LogP contribution in [0.2, 0.25) is 5.02 Å². The molecule has 1 aliphatic heterocycles. The molecule has 0 aliphatic carbocycles. The molecule has 1 saturated heterocycles. The minimum Gasteiger partial charge on any atom is -0.316 e. The van der Waals surface area contributed by atoms with Crippen LogP contribution in [0.5, 0.6) is 0 Å². The molecule has 1 fully saturated rings. The topological polar surface area (TPSA) is 84.3 Å². The zero-order valence-corrected chi connectivity index (χ0v) is 18.2. The van der Waals surface area contributed by atoms with Gasteiger partial charge in [-0.05, 0) is 36.4 Å². The molecule has 0 saturated carbocycles. The standard InChI is InChI=1S/C24H19ClFN7/c25-17-1-2-20(26)18(6-17)24-19(11-29-32-24)21-3-4-22-23(31-21)5-15(9-28-22)16-10-30-33(13-16)12-14-7-27-8-14/h1-6,9-11,13-14,27H,7-8,12H2,(H,29,32). The van der Waals surface area contributed by atoms with Gasteiger partial charge in [0.05, 0.1) is 22.9 Å². The first-order chi connectivity index (χ1) is 16.1. The SMILES string of the molecule is Fc1ccc(Cl)cc1-c1n[nH]cc1-c1ccc2ncc(-c3cnn(CC4CNC4)c3)cc2n1. The van der Waals surface area contributed by atoms with E-state index in [1.165, 1.54) is 12.1 Å². The molecular formula is C24H19ClFN7. The summed E-state index contributed by atoms with van der Waals surface area (Å²) < 4.78 is 16.5. The van der Waals surface area contributed by atoms with E-state index in [2.05, 4.69) is 25.6 Å². The van der Waals surface area contributed by atoms with E-state index < -0.39 is 5.82 Å². The molecule has 0 bridgehead atoms. The summed E-state index contributed by atoms with van der Waals surface area (Å²) >= 11 is 6.09. The number of aromatic nitrogens is 6. The lowest BCUT2D eigenvalue weighted by Crippen LogP contribution is -2.44. The van der Waals surface area contributed by atoms with Crippen LogP contribution in [0.4, 0.5) is 4.39 Å². The summed E-state index contributed by atoms with van der Waals surface area (Å²) in [6.45, 7) is 2.97. The minimum atomic E-state index is -0.396. The van der Waals surface area contributed by atoms with Crippen molar-refractivity contribution in [1.82, 2.24) is 35.3 Å². The first kappa shape index (κ1) is 20.0. The van der Waals surface area contributed by atoms with E-state index in [0.717, 1.165) is 41.8 Å². The van der Waals surface area contributed by atoms with Gasteiger partial charge in [-0.3, -0.25) is 14.8 Å². The van der Waals surface area contributed by atoms with Crippen LogP contribution in [-0.4, -0.2) is 43.0 Å². The molecule has 0 radical (unpaired) electrons. The van der Waals surface area contributed by atoms with E-state index in [-0.39, 0.29) is 0 Å². The lowest BCUT2D eigenvalue weighted by molar-refractivity contribution is 0.295. The van der Waals surface area contributed by atoms with Crippen LogP contribution >= 0.6 is 11.6 Å². The number of pyridine rings is 2. The number of halogens is 2. The van der Waals surface area contributed by atoms with Crippen LogP contribution in [-0.2, 0) is 6.54 Å². The van der Waals surface area contributed by atoms with Gasteiger partial charge >= 0.3 is 0 Å². The fourth-order valence-corrected chi connectivity index (χ4v) is 4.21. The summed E-state index contributed by atoms with van der Waals surface area (Å²) in [6.07, 6.45) is 7.44. The second-order valence-corrected chi connectivity index (χ2v) is 8.64. The predicted octanol–water partition coefficient (Wildman–Crippen LogP) is 4.56. The highest BCUT2D eigenvalue weighted by Crippen LogP contribution is 2.33. The number of rotatable bonds is 5. The third-order valence-corrected chi connectivity index (χ3v) is 6.15. The van der Waals surface area contributed by atoms with E-state index in [1.54, 1.807) is 12.3 Å². The Bertz CT molecular complexity index is 1470. The van der Waals surface area contributed by atoms with E-state index in [9.17, 15) is 4.39 Å². The number of fused-ring (bicyclic) bond motifs is 1. The van der Waals surface area contributed by atoms with Crippen molar-refractivity contribution in [2.45, 2.75) is 6.54 Å². The highest BCUT2D eigenvalue weighted by molar-refractivity contribution is 6.30. The number of aromatic amines is 1. The molecule has 4 aromatic heterocycles. The molecule has 0 atom stereocenters. The van der Waals surface area contributed by atoms with Crippen LogP contribution in [0.3, 0.4) is 0 Å². The summed E-state index contributed by atoms with van der Waals surface area (Å²) in [5, 5.41) is 15.3. The Morgan fingerprint density at radius 2 is 1.94 bits per heavy atom. The van der Waals surface area contributed by atoms with Crippen LogP contribution < -0.4 is 5.32 Å². The molecule has 5 aromatic rings. The molecule has 5 heterocycles. The van der Waals surface area contributed by atoms with E-state index in [1.807, 2.05) is 41.5 Å². The largest absolute Gasteiger partial charge is 0.316 e. The highest BCUT2D eigenvalue weighted by Gasteiger charge is 2.18. The normalized spacial score (nSPS) is 14.0. The van der Waals surface area contributed by atoms with Gasteiger partial charge < -0.3 is 5.32 Å². The average Bonchev–Trinajstić information content (AvgIpc) is 3.47. The molecule has 2 N–H and O–H groups in total. The number of hydrogen-bond acceptors (Lipinski definition) is 5. The first-order valence-corrected chi connectivity index (χ1v) is 11.0. The van der Waals surface area contributed by atoms with Crippen molar-refractivity contribution in [3.8, 4) is 33.6 Å². The van der Waals surface area contributed by atoms with Crippen LogP contribution in [0.15, 0.2) is 61.2 Å². The van der Waals surface area contributed by atoms with Crippen molar-refractivity contribution in [2.75, 3.05) is 13.1 Å². The Morgan fingerprint density at radius 1 is 1.03 bits per heavy atom. The van der Waals surface area contributed by atoms with Crippen LogP contribution in [0, 0.1) is 11.7 Å². The van der Waals surface area contributed by atoms with Crippen LogP contribution in [0.25, 0.3) is 44.7 Å². The quantitative estimate of drug-likeness (QED) is 0.402. The summed E-state index contributed by atoms with van der Waals surface area (Å²) in [5.41, 5.74) is 5.57. The molecule has 33 heavy (non-hydrogen) atoms. The van der Waals surface area contributed by atoms with Gasteiger partial charge in [-0.15, -0.1) is 0 Å². The van der Waals surface area contributed by atoms with Gasteiger partial charge in [0.1, 0.15) is 11.5 Å². The number of H-pyrrole nitrogens is 1. The van der Waals surface area contributed by atoms with Gasteiger partial charge in [0.15, 0.2) is 0 Å². The Balaban J connectivity index is 1.36. The Kier molecular flexibility index (Phi) is 4.89. The molecule has 1 aliphatic rings. The summed E-state index contributed by atoms with van der Waals surface area (Å²) in [4.78, 5) is 9.38. The smallest absolute Gasteiger partial charge is 0.132 e. The lowest BCUT2D eigenvalue weighted by Gasteiger charge is -2.26. The number of benzene rings is 1. The van der Waals surface area contributed by atoms with Gasteiger partial charge in [0.25, 0.3) is 0 Å². The van der Waals surface area contributed by atoms with Crippen LogP contribution in [0.1, 0.15) is 0 Å². The molecule has 7 nitrogen and oxygen atoms in total. The third-order valence-electron chi connectivity index (χ3n) is 5.92. The second-order valence-electron chi connectivity index (χ2n) is 8.21. The lowest BCUT2D eigenvalue weighted by atomic mass is 10.0. The van der Waals surface area contributed by atoms with Crippen molar-refractivity contribution in [1.29, 1.82) is 0 Å². The maximum atomic E-state index is 14.5. The van der Waals surface area contributed by atoms with E-state index in [4.69, 9.17) is 16.6 Å². The zero-order valence-electron chi connectivity index (χ0n) is 17.5. The summed E-state index contributed by atoms with van der Waals surface area (Å²) in [5.74, 6) is 0.234. The maximum Gasteiger partial charge on any atom is 0.132 e. The van der Waals surface area contributed by atoms with Crippen molar-refractivity contribution in [2.24, 2.45) is 5.92 Å². The molecule has 164 valence electrons. The zero-order chi connectivity index (χ0) is 22.4. The Morgan fingerprint density at radius 3 is 2.79 bits per heavy atom. The molecule has 0 spiro atoms. The number of nitrogens with one attached hydrogen (secondary N) is 2. The molecule has 1 aromatic carbocycles. The highest BCUT2D eigenvalue weighted by atomic mass is 35.5. The second kappa shape index (κ2) is 8.06. The van der Waals surface area contributed by atoms with Crippen molar-refractivity contribution in [3.05, 3.63) is 72.0 Å². The Hall–Kier alpha value is -3.62. The maximum absolute atomic E-state index is 14.5. The fourth-order valence-electron chi connectivity index (χ4n) is 4.04. The first-order valence-electron chi connectivity index (χ1n) is 10.6. The molecule has 6 rings (SSSR count). The summed E-state index contributed by atoms with van der Waals surface area (Å²) in [7, 11) is 0. The molecule has 9 heteroatoms. The molecule has 0 unspecified atom stereocenters. The van der Waals surface area contributed by atoms with Gasteiger partial charge in [0, 0.05) is 71.4 Å². The van der Waals surface area contributed by atoms with Crippen molar-refractivity contribution >= 4 is 22.6 Å². The number of hydrogen-bond donors (Lipinski definition) is 2. The van der Waals surface area contributed by atoms with Gasteiger partial charge in [-0.25, -0.2) is 9.37 Å². The van der Waals surface area contributed by atoms with E-state index >= 15 is 0 Å². The fraction of sp³-hybridized carbons (Fsp3) is 0.167. The van der Waals surface area contributed by atoms with Gasteiger partial charge in [-0.2, -0.15) is 10.2 Å². The Labute approximate surface area is 193 Å². The monoisotopic (exact) mass is 459 g/mol. The van der Waals surface area contributed by atoms with E-state index in [0.29, 0.717) is 33.5 Å². The predicted molar refractivity (Wildman–Crippen MR) is 125 cm³/mol. The average molecular weight is 460 g/mol.